The summed E-state index contributed by atoms with van der Waals surface area (Å²) < 4.78 is 0. The van der Waals surface area contributed by atoms with Gasteiger partial charge in [0.15, 0.2) is 0 Å². The van der Waals surface area contributed by atoms with Crippen molar-refractivity contribution in [3.05, 3.63) is 17.0 Å². The molecule has 1 atom stereocenters. The van der Waals surface area contributed by atoms with Crippen LogP contribution in [-0.2, 0) is 0 Å². The largest absolute Gasteiger partial charge is 0.394 e. The first-order valence-corrected chi connectivity index (χ1v) is 5.47. The molecular formula is C10H14ClN3O. The monoisotopic (exact) mass is 227 g/mol. The lowest BCUT2D eigenvalue weighted by Gasteiger charge is -2.24. The van der Waals surface area contributed by atoms with Crippen molar-refractivity contribution in [2.24, 2.45) is 0 Å². The minimum absolute atomic E-state index is 0.167. The molecule has 82 valence electrons. The molecule has 0 aliphatic carbocycles. The molecule has 2 heterocycles. The predicted octanol–water partition coefficient (Wildman–Crippen LogP) is 1.40. The van der Waals surface area contributed by atoms with Crippen LogP contribution in [0.5, 0.6) is 0 Å². The van der Waals surface area contributed by atoms with E-state index in [4.69, 9.17) is 11.6 Å². The van der Waals surface area contributed by atoms with Crippen LogP contribution in [0.3, 0.4) is 0 Å². The number of aliphatic hydroxyl groups excluding tert-OH is 1. The van der Waals surface area contributed by atoms with Crippen LogP contribution in [0.25, 0.3) is 0 Å². The van der Waals surface area contributed by atoms with Gasteiger partial charge in [-0.15, -0.1) is 0 Å². The quantitative estimate of drug-likeness (QED) is 0.776. The summed E-state index contributed by atoms with van der Waals surface area (Å²) in [6, 6.07) is 1.93. The second kappa shape index (κ2) is 4.33. The molecule has 2 rings (SSSR count). The van der Waals surface area contributed by atoms with Gasteiger partial charge in [-0.25, -0.2) is 9.97 Å². The van der Waals surface area contributed by atoms with Gasteiger partial charge >= 0.3 is 0 Å². The van der Waals surface area contributed by atoms with Gasteiger partial charge in [-0.2, -0.15) is 0 Å². The van der Waals surface area contributed by atoms with Gasteiger partial charge in [0.2, 0.25) is 0 Å². The van der Waals surface area contributed by atoms with Crippen molar-refractivity contribution in [1.82, 2.24) is 9.97 Å². The molecule has 0 radical (unpaired) electrons. The molecule has 0 unspecified atom stereocenters. The molecule has 1 fully saturated rings. The fraction of sp³-hybridized carbons (Fsp3) is 0.600. The van der Waals surface area contributed by atoms with Gasteiger partial charge in [-0.05, 0) is 19.8 Å². The van der Waals surface area contributed by atoms with Gasteiger partial charge in [-0.1, -0.05) is 11.6 Å². The zero-order valence-corrected chi connectivity index (χ0v) is 9.41. The molecule has 1 saturated heterocycles. The molecule has 4 nitrogen and oxygen atoms in total. The predicted molar refractivity (Wildman–Crippen MR) is 59.2 cm³/mol. The first-order valence-electron chi connectivity index (χ1n) is 5.09. The van der Waals surface area contributed by atoms with E-state index in [9.17, 15) is 5.11 Å². The summed E-state index contributed by atoms with van der Waals surface area (Å²) in [6.45, 7) is 2.91. The molecular weight excluding hydrogens is 214 g/mol. The number of anilines is 1. The molecule has 1 aromatic heterocycles. The van der Waals surface area contributed by atoms with Crippen LogP contribution in [0.1, 0.15) is 18.7 Å². The summed E-state index contributed by atoms with van der Waals surface area (Å²) in [5.74, 6) is 1.49. The Morgan fingerprint density at radius 3 is 3.07 bits per heavy atom. The third-order valence-corrected chi connectivity index (χ3v) is 2.87. The number of halogens is 1. The Kier molecular flexibility index (Phi) is 3.07. The minimum atomic E-state index is 0.167. The Balaban J connectivity index is 2.28. The second-order valence-corrected chi connectivity index (χ2v) is 4.16. The zero-order chi connectivity index (χ0) is 10.8. The highest BCUT2D eigenvalue weighted by Gasteiger charge is 2.25. The van der Waals surface area contributed by atoms with Gasteiger partial charge in [0.25, 0.3) is 0 Å². The van der Waals surface area contributed by atoms with E-state index in [1.807, 2.05) is 6.92 Å². The van der Waals surface area contributed by atoms with Crippen LogP contribution in [-0.4, -0.2) is 34.3 Å². The fourth-order valence-electron chi connectivity index (χ4n) is 1.99. The molecule has 0 spiro atoms. The van der Waals surface area contributed by atoms with Gasteiger partial charge < -0.3 is 10.0 Å². The zero-order valence-electron chi connectivity index (χ0n) is 8.65. The number of aromatic nitrogens is 2. The summed E-state index contributed by atoms with van der Waals surface area (Å²) in [7, 11) is 0. The van der Waals surface area contributed by atoms with Crippen LogP contribution in [0.15, 0.2) is 6.07 Å². The number of hydrogen-bond donors (Lipinski definition) is 1. The summed E-state index contributed by atoms with van der Waals surface area (Å²) in [5, 5.41) is 9.68. The van der Waals surface area contributed by atoms with Crippen molar-refractivity contribution in [3.63, 3.8) is 0 Å². The van der Waals surface area contributed by atoms with E-state index in [1.165, 1.54) is 0 Å². The van der Waals surface area contributed by atoms with Gasteiger partial charge in [-0.3, -0.25) is 0 Å². The first kappa shape index (κ1) is 10.6. The van der Waals surface area contributed by atoms with Gasteiger partial charge in [0.1, 0.15) is 16.8 Å². The van der Waals surface area contributed by atoms with E-state index in [2.05, 4.69) is 14.9 Å². The van der Waals surface area contributed by atoms with E-state index in [-0.39, 0.29) is 12.6 Å². The number of rotatable bonds is 2. The number of aliphatic hydroxyl groups is 1. The maximum atomic E-state index is 9.22. The van der Waals surface area contributed by atoms with Crippen molar-refractivity contribution >= 4 is 17.4 Å². The first-order chi connectivity index (χ1) is 7.20. The summed E-state index contributed by atoms with van der Waals surface area (Å²) >= 11 is 5.88. The lowest BCUT2D eigenvalue weighted by Crippen LogP contribution is -2.32. The van der Waals surface area contributed by atoms with Crippen LogP contribution in [0.2, 0.25) is 5.15 Å². The highest BCUT2D eigenvalue weighted by atomic mass is 35.5. The Morgan fingerprint density at radius 2 is 2.40 bits per heavy atom. The SMILES string of the molecule is Cc1nc(Cl)cc(N2CCC[C@H]2CO)n1. The van der Waals surface area contributed by atoms with Crippen LogP contribution in [0, 0.1) is 6.92 Å². The van der Waals surface area contributed by atoms with Crippen LogP contribution in [0.4, 0.5) is 5.82 Å². The number of nitrogens with zero attached hydrogens (tertiary/aromatic N) is 3. The molecule has 1 N–H and O–H groups in total. The maximum absolute atomic E-state index is 9.22. The lowest BCUT2D eigenvalue weighted by molar-refractivity contribution is 0.266. The van der Waals surface area contributed by atoms with Gasteiger partial charge in [0.05, 0.1) is 12.6 Å². The minimum Gasteiger partial charge on any atom is -0.394 e. The van der Waals surface area contributed by atoms with Crippen molar-refractivity contribution in [1.29, 1.82) is 0 Å². The third kappa shape index (κ3) is 2.21. The third-order valence-electron chi connectivity index (χ3n) is 2.68. The van der Waals surface area contributed by atoms with E-state index in [0.717, 1.165) is 25.2 Å². The molecule has 5 heteroatoms. The Morgan fingerprint density at radius 1 is 1.60 bits per heavy atom. The second-order valence-electron chi connectivity index (χ2n) is 3.77. The Labute approximate surface area is 93.9 Å². The summed E-state index contributed by atoms with van der Waals surface area (Å²) in [6.07, 6.45) is 2.10. The molecule has 15 heavy (non-hydrogen) atoms. The van der Waals surface area contributed by atoms with Crippen molar-refractivity contribution in [2.75, 3.05) is 18.1 Å². The highest BCUT2D eigenvalue weighted by molar-refractivity contribution is 6.29. The average molecular weight is 228 g/mol. The van der Waals surface area contributed by atoms with Crippen molar-refractivity contribution in [3.8, 4) is 0 Å². The fourth-order valence-corrected chi connectivity index (χ4v) is 2.21. The number of hydrogen-bond acceptors (Lipinski definition) is 4. The Bertz CT molecular complexity index is 338. The average Bonchev–Trinajstić information content (AvgIpc) is 2.63. The van der Waals surface area contributed by atoms with E-state index in [0.29, 0.717) is 11.0 Å². The summed E-state index contributed by atoms with van der Waals surface area (Å²) in [4.78, 5) is 10.5. The summed E-state index contributed by atoms with van der Waals surface area (Å²) in [5.41, 5.74) is 0. The normalized spacial score (nSPS) is 21.0. The van der Waals surface area contributed by atoms with E-state index >= 15 is 0 Å². The number of aryl methyl sites for hydroxylation is 1. The van der Waals surface area contributed by atoms with Gasteiger partial charge in [0, 0.05) is 12.6 Å². The molecule has 1 aliphatic heterocycles. The maximum Gasteiger partial charge on any atom is 0.134 e. The van der Waals surface area contributed by atoms with E-state index in [1.54, 1.807) is 6.07 Å². The van der Waals surface area contributed by atoms with Crippen LogP contribution < -0.4 is 4.90 Å². The lowest BCUT2D eigenvalue weighted by atomic mass is 10.2. The molecule has 0 amide bonds. The molecule has 0 saturated carbocycles. The van der Waals surface area contributed by atoms with Crippen molar-refractivity contribution < 1.29 is 5.11 Å². The topological polar surface area (TPSA) is 49.2 Å². The standard InChI is InChI=1S/C10H14ClN3O/c1-7-12-9(11)5-10(13-7)14-4-2-3-8(14)6-15/h5,8,15H,2-4,6H2,1H3/t8-/m0/s1. The Hall–Kier alpha value is -0.870. The van der Waals surface area contributed by atoms with Crippen LogP contribution >= 0.6 is 11.6 Å². The molecule has 1 aromatic rings. The molecule has 1 aliphatic rings. The molecule has 0 bridgehead atoms. The molecule has 0 aromatic carbocycles. The van der Waals surface area contributed by atoms with Crippen molar-refractivity contribution in [2.45, 2.75) is 25.8 Å². The highest BCUT2D eigenvalue weighted by Crippen LogP contribution is 2.25. The smallest absolute Gasteiger partial charge is 0.134 e. The van der Waals surface area contributed by atoms with E-state index < -0.39 is 0 Å².